The number of hydrogen-bond donors (Lipinski definition) is 0. The lowest BCUT2D eigenvalue weighted by Crippen LogP contribution is -2.32. The maximum Gasteiger partial charge on any atom is 0.227 e. The van der Waals surface area contributed by atoms with Crippen molar-refractivity contribution >= 4 is 43.9 Å². The zero-order chi connectivity index (χ0) is 19.5. The van der Waals surface area contributed by atoms with Crippen LogP contribution in [-0.2, 0) is 7.05 Å². The van der Waals surface area contributed by atoms with E-state index in [1.165, 1.54) is 16.5 Å². The molecule has 0 fully saturated rings. The van der Waals surface area contributed by atoms with E-state index >= 15 is 0 Å². The van der Waals surface area contributed by atoms with Crippen LogP contribution in [0.3, 0.4) is 0 Å². The molecule has 0 saturated heterocycles. The van der Waals surface area contributed by atoms with Gasteiger partial charge < -0.3 is 4.42 Å². The van der Waals surface area contributed by atoms with Crippen molar-refractivity contribution in [2.24, 2.45) is 7.05 Å². The van der Waals surface area contributed by atoms with Gasteiger partial charge in [-0.25, -0.2) is 4.98 Å². The first kappa shape index (κ1) is 16.3. The minimum absolute atomic E-state index is 0.689. The first-order valence-electron chi connectivity index (χ1n) is 9.80. The third-order valence-corrected chi connectivity index (χ3v) is 5.88. The Bertz CT molecular complexity index is 1580. The normalized spacial score (nSPS) is 11.8. The van der Waals surface area contributed by atoms with Crippen molar-refractivity contribution in [1.82, 2.24) is 4.98 Å². The van der Waals surface area contributed by atoms with E-state index in [-0.39, 0.29) is 0 Å². The number of aryl methyl sites for hydroxylation is 2. The fourth-order valence-corrected chi connectivity index (χ4v) is 4.38. The van der Waals surface area contributed by atoms with E-state index in [0.29, 0.717) is 5.71 Å². The SMILES string of the molecule is Cc1ccc2c(oc3nc4ccccc4cc32)c1-c1ccc2ccccc2[n+]1C. The fourth-order valence-electron chi connectivity index (χ4n) is 4.38. The molecule has 0 unspecified atom stereocenters. The summed E-state index contributed by atoms with van der Waals surface area (Å²) in [4.78, 5) is 4.78. The molecule has 3 nitrogen and oxygen atoms in total. The third kappa shape index (κ3) is 2.31. The van der Waals surface area contributed by atoms with Gasteiger partial charge in [0.25, 0.3) is 0 Å². The zero-order valence-corrected chi connectivity index (χ0v) is 16.3. The van der Waals surface area contributed by atoms with Gasteiger partial charge in [-0.1, -0.05) is 42.5 Å². The van der Waals surface area contributed by atoms with Gasteiger partial charge in [0.1, 0.15) is 7.05 Å². The minimum Gasteiger partial charge on any atom is -0.437 e. The average Bonchev–Trinajstić information content (AvgIpc) is 3.10. The third-order valence-electron chi connectivity index (χ3n) is 5.88. The Morgan fingerprint density at radius 1 is 0.793 bits per heavy atom. The number of pyridine rings is 2. The number of rotatable bonds is 1. The van der Waals surface area contributed by atoms with Gasteiger partial charge in [0, 0.05) is 33.7 Å². The van der Waals surface area contributed by atoms with Crippen molar-refractivity contribution in [3.63, 3.8) is 0 Å². The Morgan fingerprint density at radius 3 is 2.48 bits per heavy atom. The maximum absolute atomic E-state index is 6.37. The van der Waals surface area contributed by atoms with Crippen LogP contribution < -0.4 is 4.57 Å². The van der Waals surface area contributed by atoms with E-state index in [9.17, 15) is 0 Å². The van der Waals surface area contributed by atoms with Gasteiger partial charge >= 0.3 is 0 Å². The second kappa shape index (κ2) is 5.89. The Kier molecular flexibility index (Phi) is 3.30. The molecule has 29 heavy (non-hydrogen) atoms. The highest BCUT2D eigenvalue weighted by Gasteiger charge is 2.22. The van der Waals surface area contributed by atoms with E-state index < -0.39 is 0 Å². The quantitative estimate of drug-likeness (QED) is 0.326. The monoisotopic (exact) mass is 375 g/mol. The van der Waals surface area contributed by atoms with Crippen LogP contribution in [0.15, 0.2) is 83.3 Å². The summed E-state index contributed by atoms with van der Waals surface area (Å²) in [5.41, 5.74) is 7.18. The molecule has 0 bridgehead atoms. The number of aromatic nitrogens is 2. The number of fused-ring (bicyclic) bond motifs is 5. The zero-order valence-electron chi connectivity index (χ0n) is 16.3. The van der Waals surface area contributed by atoms with Gasteiger partial charge in [-0.15, -0.1) is 0 Å². The van der Waals surface area contributed by atoms with E-state index in [4.69, 9.17) is 9.40 Å². The molecule has 0 N–H and O–H groups in total. The van der Waals surface area contributed by atoms with Gasteiger partial charge in [-0.2, -0.15) is 4.57 Å². The molecule has 138 valence electrons. The Morgan fingerprint density at radius 2 is 1.59 bits per heavy atom. The molecule has 0 spiro atoms. The lowest BCUT2D eigenvalue weighted by atomic mass is 10.00. The van der Waals surface area contributed by atoms with E-state index in [2.05, 4.69) is 79.2 Å². The summed E-state index contributed by atoms with van der Waals surface area (Å²) in [6.07, 6.45) is 0. The van der Waals surface area contributed by atoms with Crippen LogP contribution >= 0.6 is 0 Å². The summed E-state index contributed by atoms with van der Waals surface area (Å²) in [5.74, 6) is 0. The molecule has 0 atom stereocenters. The lowest BCUT2D eigenvalue weighted by molar-refractivity contribution is -0.633. The summed E-state index contributed by atoms with van der Waals surface area (Å²) in [5, 5.41) is 4.51. The van der Waals surface area contributed by atoms with Gasteiger partial charge in [-0.3, -0.25) is 0 Å². The molecule has 6 rings (SSSR count). The van der Waals surface area contributed by atoms with Crippen molar-refractivity contribution in [3.05, 3.63) is 84.4 Å². The first-order valence-corrected chi connectivity index (χ1v) is 9.80. The predicted molar refractivity (Wildman–Crippen MR) is 118 cm³/mol. The molecule has 3 aromatic heterocycles. The molecular weight excluding hydrogens is 356 g/mol. The van der Waals surface area contributed by atoms with Crippen molar-refractivity contribution in [2.75, 3.05) is 0 Å². The standard InChI is InChI=1S/C26H19N2O/c1-16-11-13-19-20-15-18-8-3-5-9-21(18)27-26(20)29-25(19)24(16)23-14-12-17-7-4-6-10-22(17)28(23)2/h3-15H,1-2H3/q+1. The van der Waals surface area contributed by atoms with Crippen LogP contribution in [0.25, 0.3) is 55.1 Å². The van der Waals surface area contributed by atoms with E-state index in [1.54, 1.807) is 0 Å². The Hall–Kier alpha value is -3.72. The summed E-state index contributed by atoms with van der Waals surface area (Å²) < 4.78 is 8.61. The molecule has 3 aromatic carbocycles. The van der Waals surface area contributed by atoms with Crippen LogP contribution in [0, 0.1) is 6.92 Å². The van der Waals surface area contributed by atoms with Crippen molar-refractivity contribution in [1.29, 1.82) is 0 Å². The highest BCUT2D eigenvalue weighted by Crippen LogP contribution is 2.37. The predicted octanol–water partition coefficient (Wildman–Crippen LogP) is 6.09. The van der Waals surface area contributed by atoms with Gasteiger partial charge in [0.2, 0.25) is 16.9 Å². The first-order chi connectivity index (χ1) is 14.2. The second-order valence-corrected chi connectivity index (χ2v) is 7.61. The van der Waals surface area contributed by atoms with E-state index in [0.717, 1.165) is 38.5 Å². The highest BCUT2D eigenvalue weighted by molar-refractivity contribution is 6.11. The Balaban J connectivity index is 1.73. The summed E-state index contributed by atoms with van der Waals surface area (Å²) in [6.45, 7) is 2.14. The average molecular weight is 375 g/mol. The Labute approximate surface area is 167 Å². The second-order valence-electron chi connectivity index (χ2n) is 7.61. The van der Waals surface area contributed by atoms with Crippen LogP contribution in [0.5, 0.6) is 0 Å². The van der Waals surface area contributed by atoms with Gasteiger partial charge in [0.15, 0.2) is 5.58 Å². The topological polar surface area (TPSA) is 29.9 Å². The summed E-state index contributed by atoms with van der Waals surface area (Å²) in [7, 11) is 2.12. The fraction of sp³-hybridized carbons (Fsp3) is 0.0769. The maximum atomic E-state index is 6.37. The summed E-state index contributed by atoms with van der Waals surface area (Å²) >= 11 is 0. The van der Waals surface area contributed by atoms with Gasteiger partial charge in [-0.05, 0) is 36.8 Å². The number of benzene rings is 3. The molecule has 0 aliphatic carbocycles. The van der Waals surface area contributed by atoms with Gasteiger partial charge in [0.05, 0.1) is 11.1 Å². The molecule has 0 saturated carbocycles. The van der Waals surface area contributed by atoms with Crippen LogP contribution in [-0.4, -0.2) is 4.98 Å². The largest absolute Gasteiger partial charge is 0.437 e. The molecule has 0 aliphatic heterocycles. The van der Waals surface area contributed by atoms with Crippen molar-refractivity contribution < 1.29 is 8.98 Å². The molecular formula is C26H19N2O+. The lowest BCUT2D eigenvalue weighted by Gasteiger charge is -2.07. The molecule has 0 amide bonds. The summed E-state index contributed by atoms with van der Waals surface area (Å²) in [6, 6.07) is 27.5. The molecule has 0 radical (unpaired) electrons. The molecule has 0 aliphatic rings. The van der Waals surface area contributed by atoms with Crippen molar-refractivity contribution in [2.45, 2.75) is 6.92 Å². The number of hydrogen-bond acceptors (Lipinski definition) is 2. The van der Waals surface area contributed by atoms with Crippen molar-refractivity contribution in [3.8, 4) is 11.3 Å². The van der Waals surface area contributed by atoms with Crippen LogP contribution in [0.2, 0.25) is 0 Å². The van der Waals surface area contributed by atoms with Crippen LogP contribution in [0.1, 0.15) is 5.56 Å². The molecule has 3 heteroatoms. The number of furan rings is 1. The smallest absolute Gasteiger partial charge is 0.227 e. The van der Waals surface area contributed by atoms with E-state index in [1.807, 2.05) is 18.2 Å². The molecule has 6 aromatic rings. The highest BCUT2D eigenvalue weighted by atomic mass is 16.3. The minimum atomic E-state index is 0.689. The van der Waals surface area contributed by atoms with Crippen LogP contribution in [0.4, 0.5) is 0 Å². The number of para-hydroxylation sites is 2. The number of nitrogens with zero attached hydrogens (tertiary/aromatic N) is 2. The molecule has 3 heterocycles.